The van der Waals surface area contributed by atoms with Crippen LogP contribution in [0, 0.1) is 5.92 Å². The summed E-state index contributed by atoms with van der Waals surface area (Å²) in [7, 11) is 0. The molecule has 2 unspecified atom stereocenters. The second-order valence-corrected chi connectivity index (χ2v) is 7.98. The summed E-state index contributed by atoms with van der Waals surface area (Å²) in [5, 5.41) is 0. The van der Waals surface area contributed by atoms with Crippen molar-refractivity contribution in [3.63, 3.8) is 0 Å². The number of ether oxygens (including phenoxy) is 1. The Bertz CT molecular complexity index is 1030. The van der Waals surface area contributed by atoms with E-state index in [-0.39, 0.29) is 36.5 Å². The van der Waals surface area contributed by atoms with Gasteiger partial charge in [-0.1, -0.05) is 30.3 Å². The number of carbonyl (C=O) groups excluding carboxylic acids is 2. The Kier molecular flexibility index (Phi) is 4.54. The van der Waals surface area contributed by atoms with Crippen molar-refractivity contribution in [1.29, 1.82) is 0 Å². The Labute approximate surface area is 169 Å². The molecule has 2 aromatic heterocycles. The van der Waals surface area contributed by atoms with Crippen molar-refractivity contribution in [1.82, 2.24) is 14.3 Å². The van der Waals surface area contributed by atoms with Crippen LogP contribution in [0.25, 0.3) is 5.65 Å². The van der Waals surface area contributed by atoms with E-state index in [2.05, 4.69) is 4.98 Å². The molecule has 2 aliphatic heterocycles. The van der Waals surface area contributed by atoms with Gasteiger partial charge in [-0.3, -0.25) is 4.79 Å². The quantitative estimate of drug-likeness (QED) is 0.630. The number of amides is 1. The summed E-state index contributed by atoms with van der Waals surface area (Å²) in [6, 6.07) is 13.6. The molecule has 5 rings (SSSR count). The van der Waals surface area contributed by atoms with Crippen molar-refractivity contribution in [2.75, 3.05) is 0 Å². The maximum absolute atomic E-state index is 13.1. The van der Waals surface area contributed by atoms with Gasteiger partial charge in [-0.25, -0.2) is 9.78 Å². The van der Waals surface area contributed by atoms with Gasteiger partial charge in [0.25, 0.3) is 0 Å². The Morgan fingerprint density at radius 2 is 1.79 bits per heavy atom. The zero-order chi connectivity index (χ0) is 19.8. The maximum Gasteiger partial charge on any atom is 0.410 e. The molecular weight excluding hydrogens is 366 g/mol. The van der Waals surface area contributed by atoms with Crippen LogP contribution in [0.4, 0.5) is 4.79 Å². The number of pyridine rings is 1. The number of nitrogens with zero attached hydrogens (tertiary/aromatic N) is 3. The smallest absolute Gasteiger partial charge is 0.410 e. The minimum Gasteiger partial charge on any atom is -0.445 e. The first-order chi connectivity index (χ1) is 14.2. The van der Waals surface area contributed by atoms with Crippen LogP contribution >= 0.6 is 0 Å². The van der Waals surface area contributed by atoms with E-state index in [1.54, 1.807) is 6.20 Å². The standard InChI is InChI=1S/C23H23N3O3/c27-22(17-6-9-21-24-10-11-25(21)14-17)18-12-19-7-8-20(13-18)26(19)23(28)29-15-16-4-2-1-3-5-16/h1-6,9-11,14,18-20H,7-8,12-13,15H2. The summed E-state index contributed by atoms with van der Waals surface area (Å²) in [6.07, 6.45) is 8.46. The van der Waals surface area contributed by atoms with Crippen molar-refractivity contribution >= 4 is 17.5 Å². The van der Waals surface area contributed by atoms with Gasteiger partial charge in [0, 0.05) is 42.2 Å². The lowest BCUT2D eigenvalue weighted by Crippen LogP contribution is -2.48. The molecule has 1 aromatic carbocycles. The molecule has 6 nitrogen and oxygen atoms in total. The summed E-state index contributed by atoms with van der Waals surface area (Å²) in [4.78, 5) is 31.9. The highest BCUT2D eigenvalue weighted by molar-refractivity contribution is 5.98. The minimum atomic E-state index is -0.257. The summed E-state index contributed by atoms with van der Waals surface area (Å²) in [5.41, 5.74) is 2.52. The van der Waals surface area contributed by atoms with E-state index in [0.29, 0.717) is 18.4 Å². The van der Waals surface area contributed by atoms with Gasteiger partial charge in [-0.05, 0) is 43.4 Å². The highest BCUT2D eigenvalue weighted by Gasteiger charge is 2.45. The Hall–Kier alpha value is -3.15. The van der Waals surface area contributed by atoms with E-state index >= 15 is 0 Å². The second kappa shape index (κ2) is 7.35. The number of benzene rings is 1. The van der Waals surface area contributed by atoms with Crippen LogP contribution in [0.15, 0.2) is 61.1 Å². The van der Waals surface area contributed by atoms with Gasteiger partial charge >= 0.3 is 6.09 Å². The predicted molar refractivity (Wildman–Crippen MR) is 108 cm³/mol. The Morgan fingerprint density at radius 3 is 2.55 bits per heavy atom. The fourth-order valence-electron chi connectivity index (χ4n) is 4.78. The molecule has 2 atom stereocenters. The molecule has 2 aliphatic rings. The largest absolute Gasteiger partial charge is 0.445 e. The van der Waals surface area contributed by atoms with Crippen molar-refractivity contribution in [2.45, 2.75) is 44.4 Å². The van der Waals surface area contributed by atoms with Crippen LogP contribution in [-0.2, 0) is 11.3 Å². The van der Waals surface area contributed by atoms with Crippen molar-refractivity contribution in [3.05, 3.63) is 72.2 Å². The van der Waals surface area contributed by atoms with E-state index in [1.165, 1.54) is 0 Å². The number of fused-ring (bicyclic) bond motifs is 3. The summed E-state index contributed by atoms with van der Waals surface area (Å²) in [5.74, 6) is 0.112. The van der Waals surface area contributed by atoms with E-state index < -0.39 is 0 Å². The minimum absolute atomic E-state index is 0.0494. The molecule has 29 heavy (non-hydrogen) atoms. The molecule has 3 aromatic rings. The molecule has 2 fully saturated rings. The first kappa shape index (κ1) is 17.9. The third-order valence-corrected chi connectivity index (χ3v) is 6.19. The van der Waals surface area contributed by atoms with Gasteiger partial charge in [0.1, 0.15) is 12.3 Å². The fourth-order valence-corrected chi connectivity index (χ4v) is 4.78. The monoisotopic (exact) mass is 389 g/mol. The molecule has 2 saturated heterocycles. The molecule has 0 saturated carbocycles. The van der Waals surface area contributed by atoms with Crippen molar-refractivity contribution in [2.24, 2.45) is 5.92 Å². The SMILES string of the molecule is O=C(c1ccc2nccn2c1)C1CC2CCC(C1)N2C(=O)OCc1ccccc1. The maximum atomic E-state index is 13.1. The molecule has 4 heterocycles. The van der Waals surface area contributed by atoms with Gasteiger partial charge in [0.05, 0.1) is 0 Å². The van der Waals surface area contributed by atoms with Crippen LogP contribution in [0.3, 0.4) is 0 Å². The molecule has 0 aliphatic carbocycles. The number of carbonyl (C=O) groups is 2. The zero-order valence-corrected chi connectivity index (χ0v) is 16.1. The highest BCUT2D eigenvalue weighted by atomic mass is 16.6. The number of ketones is 1. The van der Waals surface area contributed by atoms with Gasteiger partial charge < -0.3 is 14.0 Å². The van der Waals surface area contributed by atoms with Crippen molar-refractivity contribution < 1.29 is 14.3 Å². The number of piperidine rings is 1. The first-order valence-corrected chi connectivity index (χ1v) is 10.1. The van der Waals surface area contributed by atoms with Gasteiger partial charge in [-0.2, -0.15) is 0 Å². The summed E-state index contributed by atoms with van der Waals surface area (Å²) in [6.45, 7) is 0.281. The van der Waals surface area contributed by atoms with Gasteiger partial charge in [-0.15, -0.1) is 0 Å². The summed E-state index contributed by atoms with van der Waals surface area (Å²) >= 11 is 0. The van der Waals surface area contributed by atoms with E-state index in [9.17, 15) is 9.59 Å². The van der Waals surface area contributed by atoms with Gasteiger partial charge in [0.15, 0.2) is 5.78 Å². The third-order valence-electron chi connectivity index (χ3n) is 6.19. The number of rotatable bonds is 4. The lowest BCUT2D eigenvalue weighted by atomic mass is 9.85. The number of Topliss-reactive ketones (excluding diaryl/α,β-unsaturated/α-hetero) is 1. The first-order valence-electron chi connectivity index (χ1n) is 10.1. The summed E-state index contributed by atoms with van der Waals surface area (Å²) < 4.78 is 7.43. The van der Waals surface area contributed by atoms with Gasteiger partial charge in [0.2, 0.25) is 0 Å². The van der Waals surface area contributed by atoms with Crippen molar-refractivity contribution in [3.8, 4) is 0 Å². The average Bonchev–Trinajstić information content (AvgIpc) is 3.33. The van der Waals surface area contributed by atoms with E-state index in [4.69, 9.17) is 4.74 Å². The fraction of sp³-hybridized carbons (Fsp3) is 0.348. The van der Waals surface area contributed by atoms with Crippen LogP contribution in [0.2, 0.25) is 0 Å². The number of aromatic nitrogens is 2. The number of imidazole rings is 1. The normalized spacial score (nSPS) is 23.3. The molecule has 2 bridgehead atoms. The predicted octanol–water partition coefficient (Wildman–Crippen LogP) is 4.10. The molecule has 6 heteroatoms. The van der Waals surface area contributed by atoms with E-state index in [1.807, 2.05) is 64.2 Å². The van der Waals surface area contributed by atoms with Crippen LogP contribution in [-0.4, -0.2) is 38.2 Å². The topological polar surface area (TPSA) is 63.9 Å². The molecule has 0 spiro atoms. The molecule has 1 amide bonds. The Balaban J connectivity index is 1.25. The lowest BCUT2D eigenvalue weighted by Gasteiger charge is -2.37. The molecule has 0 N–H and O–H groups in total. The van der Waals surface area contributed by atoms with Crippen LogP contribution in [0.1, 0.15) is 41.6 Å². The Morgan fingerprint density at radius 1 is 1.03 bits per heavy atom. The zero-order valence-electron chi connectivity index (χ0n) is 16.1. The van der Waals surface area contributed by atoms with Crippen LogP contribution < -0.4 is 0 Å². The lowest BCUT2D eigenvalue weighted by molar-refractivity contribution is 0.0485. The highest BCUT2D eigenvalue weighted by Crippen LogP contribution is 2.40. The second-order valence-electron chi connectivity index (χ2n) is 7.98. The number of hydrogen-bond acceptors (Lipinski definition) is 4. The molecule has 0 radical (unpaired) electrons. The average molecular weight is 389 g/mol. The third kappa shape index (κ3) is 3.39. The molecule has 148 valence electrons. The van der Waals surface area contributed by atoms with E-state index in [0.717, 1.165) is 24.1 Å². The number of hydrogen-bond donors (Lipinski definition) is 0. The van der Waals surface area contributed by atoms with Crippen LogP contribution in [0.5, 0.6) is 0 Å². The molecular formula is C23H23N3O3.